The van der Waals surface area contributed by atoms with E-state index in [0.29, 0.717) is 6.54 Å². The van der Waals surface area contributed by atoms with Gasteiger partial charge in [-0.05, 0) is 24.8 Å². The highest BCUT2D eigenvalue weighted by Crippen LogP contribution is 2.19. The van der Waals surface area contributed by atoms with E-state index in [1.54, 1.807) is 0 Å². The number of benzene rings is 1. The molecule has 0 spiro atoms. The molecule has 0 bridgehead atoms. The fourth-order valence-electron chi connectivity index (χ4n) is 3.04. The third-order valence-electron chi connectivity index (χ3n) is 4.48. The Bertz CT molecular complexity index is 723. The molecule has 5 heteroatoms. The van der Waals surface area contributed by atoms with Crippen molar-refractivity contribution in [2.24, 2.45) is 4.99 Å². The highest BCUT2D eigenvalue weighted by molar-refractivity contribution is 5.80. The van der Waals surface area contributed by atoms with Crippen molar-refractivity contribution in [3.8, 4) is 0 Å². The van der Waals surface area contributed by atoms with Gasteiger partial charge in [0.15, 0.2) is 11.7 Å². The predicted octanol–water partition coefficient (Wildman–Crippen LogP) is 3.49. The fraction of sp³-hybridized carbons (Fsp3) is 0.400. The van der Waals surface area contributed by atoms with Gasteiger partial charge < -0.3 is 14.7 Å². The average Bonchev–Trinajstić information content (AvgIpc) is 3.12. The summed E-state index contributed by atoms with van der Waals surface area (Å²) in [6.07, 6.45) is 5.34. The van der Waals surface area contributed by atoms with Gasteiger partial charge in [0.25, 0.3) is 0 Å². The number of rotatable bonds is 4. The lowest BCUT2D eigenvalue weighted by atomic mass is 10.0. The van der Waals surface area contributed by atoms with Crippen molar-refractivity contribution in [2.45, 2.75) is 32.7 Å². The molecule has 2 aromatic rings. The molecular formula is C20H26N4O. The molecule has 0 aliphatic carbocycles. The number of aromatic nitrogens is 1. The topological polar surface area (TPSA) is 53.7 Å². The van der Waals surface area contributed by atoms with Crippen molar-refractivity contribution in [2.75, 3.05) is 20.1 Å². The molecule has 1 aliphatic heterocycles. The molecule has 2 heterocycles. The minimum atomic E-state index is 0.614. The van der Waals surface area contributed by atoms with Gasteiger partial charge in [0, 0.05) is 26.2 Å². The second-order valence-electron chi connectivity index (χ2n) is 6.24. The van der Waals surface area contributed by atoms with Crippen molar-refractivity contribution in [3.63, 3.8) is 0 Å². The maximum absolute atomic E-state index is 5.33. The molecule has 0 saturated carbocycles. The van der Waals surface area contributed by atoms with Gasteiger partial charge in [-0.2, -0.15) is 0 Å². The molecule has 3 rings (SSSR count). The molecule has 1 aromatic heterocycles. The van der Waals surface area contributed by atoms with Crippen LogP contribution < -0.4 is 5.32 Å². The Morgan fingerprint density at radius 1 is 1.28 bits per heavy atom. The van der Waals surface area contributed by atoms with E-state index in [4.69, 9.17) is 4.52 Å². The number of likely N-dealkylation sites (tertiary alicyclic amines) is 1. The van der Waals surface area contributed by atoms with Crippen molar-refractivity contribution in [3.05, 3.63) is 59.0 Å². The molecule has 0 unspecified atom stereocenters. The van der Waals surface area contributed by atoms with Crippen LogP contribution in [0.2, 0.25) is 0 Å². The molecule has 1 aliphatic rings. The molecule has 0 amide bonds. The third-order valence-corrected chi connectivity index (χ3v) is 4.48. The van der Waals surface area contributed by atoms with E-state index in [0.717, 1.165) is 49.8 Å². The third kappa shape index (κ3) is 4.72. The van der Waals surface area contributed by atoms with Crippen LogP contribution in [0, 0.1) is 0 Å². The Balaban J connectivity index is 1.52. The molecule has 25 heavy (non-hydrogen) atoms. The molecule has 0 atom stereocenters. The summed E-state index contributed by atoms with van der Waals surface area (Å²) in [5.41, 5.74) is 3.77. The van der Waals surface area contributed by atoms with Gasteiger partial charge in [0.05, 0.1) is 12.2 Å². The van der Waals surface area contributed by atoms with E-state index in [1.807, 2.05) is 13.1 Å². The van der Waals surface area contributed by atoms with E-state index >= 15 is 0 Å². The van der Waals surface area contributed by atoms with Gasteiger partial charge in [0.2, 0.25) is 0 Å². The maximum atomic E-state index is 5.33. The SMILES string of the molecule is CCc1cc(CNC(=NC)N2CCC(=Cc3ccccc3)CC2)on1. The quantitative estimate of drug-likeness (QED) is 0.685. The zero-order valence-corrected chi connectivity index (χ0v) is 15.0. The molecule has 1 fully saturated rings. The van der Waals surface area contributed by atoms with Crippen LogP contribution in [-0.2, 0) is 13.0 Å². The number of hydrogen-bond acceptors (Lipinski definition) is 3. The van der Waals surface area contributed by atoms with Crippen LogP contribution in [0.3, 0.4) is 0 Å². The zero-order chi connectivity index (χ0) is 17.5. The molecule has 0 radical (unpaired) electrons. The average molecular weight is 338 g/mol. The Hall–Kier alpha value is -2.56. The first kappa shape index (κ1) is 17.3. The first-order valence-electron chi connectivity index (χ1n) is 8.93. The predicted molar refractivity (Wildman–Crippen MR) is 101 cm³/mol. The second-order valence-corrected chi connectivity index (χ2v) is 6.24. The maximum Gasteiger partial charge on any atom is 0.194 e. The largest absolute Gasteiger partial charge is 0.359 e. The summed E-state index contributed by atoms with van der Waals surface area (Å²) in [5.74, 6) is 1.77. The van der Waals surface area contributed by atoms with Gasteiger partial charge in [-0.3, -0.25) is 4.99 Å². The van der Waals surface area contributed by atoms with Crippen LogP contribution in [-0.4, -0.2) is 36.2 Å². The first-order valence-corrected chi connectivity index (χ1v) is 8.93. The van der Waals surface area contributed by atoms with E-state index in [1.165, 1.54) is 11.1 Å². The number of nitrogens with one attached hydrogen (secondary N) is 1. The van der Waals surface area contributed by atoms with E-state index in [-0.39, 0.29) is 0 Å². The highest BCUT2D eigenvalue weighted by atomic mass is 16.5. The zero-order valence-electron chi connectivity index (χ0n) is 15.0. The Morgan fingerprint density at radius 3 is 2.68 bits per heavy atom. The number of nitrogens with zero attached hydrogens (tertiary/aromatic N) is 3. The van der Waals surface area contributed by atoms with E-state index in [2.05, 4.69) is 63.7 Å². The summed E-state index contributed by atoms with van der Waals surface area (Å²) in [7, 11) is 1.83. The second kappa shape index (κ2) is 8.51. The fourth-order valence-corrected chi connectivity index (χ4v) is 3.04. The number of aryl methyl sites for hydroxylation is 1. The monoisotopic (exact) mass is 338 g/mol. The van der Waals surface area contributed by atoms with Crippen molar-refractivity contribution < 1.29 is 4.52 Å². The summed E-state index contributed by atoms with van der Waals surface area (Å²) in [4.78, 5) is 6.72. The number of guanidine groups is 1. The molecule has 1 saturated heterocycles. The van der Waals surface area contributed by atoms with Gasteiger partial charge in [-0.25, -0.2) is 0 Å². The number of aliphatic imine (C=N–C) groups is 1. The lowest BCUT2D eigenvalue weighted by Gasteiger charge is -2.31. The minimum Gasteiger partial charge on any atom is -0.359 e. The smallest absolute Gasteiger partial charge is 0.194 e. The van der Waals surface area contributed by atoms with Gasteiger partial charge in [0.1, 0.15) is 0 Å². The molecule has 1 N–H and O–H groups in total. The lowest BCUT2D eigenvalue weighted by molar-refractivity contribution is 0.357. The first-order chi connectivity index (χ1) is 12.3. The van der Waals surface area contributed by atoms with Gasteiger partial charge >= 0.3 is 0 Å². The minimum absolute atomic E-state index is 0.614. The Labute approximate surface area is 149 Å². The normalized spacial score (nSPS) is 15.4. The molecule has 5 nitrogen and oxygen atoms in total. The van der Waals surface area contributed by atoms with Crippen LogP contribution in [0.1, 0.15) is 36.8 Å². The standard InChI is InChI=1S/C20H26N4O/c1-3-18-14-19(25-23-18)15-22-20(21-2)24-11-9-17(10-12-24)13-16-7-5-4-6-8-16/h4-8,13-14H,3,9-12,15H2,1-2H3,(H,21,22). The Kier molecular flexibility index (Phi) is 5.88. The van der Waals surface area contributed by atoms with Crippen molar-refractivity contribution in [1.29, 1.82) is 0 Å². The van der Waals surface area contributed by atoms with Crippen LogP contribution in [0.25, 0.3) is 6.08 Å². The van der Waals surface area contributed by atoms with E-state index < -0.39 is 0 Å². The van der Waals surface area contributed by atoms with Gasteiger partial charge in [-0.1, -0.05) is 54.1 Å². The summed E-state index contributed by atoms with van der Waals surface area (Å²) in [6.45, 7) is 4.65. The molecular weight excluding hydrogens is 312 g/mol. The van der Waals surface area contributed by atoms with Gasteiger partial charge in [-0.15, -0.1) is 0 Å². The van der Waals surface area contributed by atoms with Crippen LogP contribution in [0.5, 0.6) is 0 Å². The van der Waals surface area contributed by atoms with E-state index in [9.17, 15) is 0 Å². The lowest BCUT2D eigenvalue weighted by Crippen LogP contribution is -2.44. The van der Waals surface area contributed by atoms with Crippen LogP contribution in [0.15, 0.2) is 51.5 Å². The summed E-state index contributed by atoms with van der Waals surface area (Å²) in [5, 5.41) is 7.40. The van der Waals surface area contributed by atoms with Crippen molar-refractivity contribution >= 4 is 12.0 Å². The number of hydrogen-bond donors (Lipinski definition) is 1. The Morgan fingerprint density at radius 2 is 2.04 bits per heavy atom. The summed E-state index contributed by atoms with van der Waals surface area (Å²) >= 11 is 0. The molecule has 132 valence electrons. The summed E-state index contributed by atoms with van der Waals surface area (Å²) < 4.78 is 5.33. The molecule has 1 aromatic carbocycles. The highest BCUT2D eigenvalue weighted by Gasteiger charge is 2.17. The van der Waals surface area contributed by atoms with Crippen LogP contribution >= 0.6 is 0 Å². The van der Waals surface area contributed by atoms with Crippen LogP contribution in [0.4, 0.5) is 0 Å². The number of piperidine rings is 1. The van der Waals surface area contributed by atoms with Crippen molar-refractivity contribution in [1.82, 2.24) is 15.4 Å². The summed E-state index contributed by atoms with van der Waals surface area (Å²) in [6, 6.07) is 12.5.